The lowest BCUT2D eigenvalue weighted by Gasteiger charge is -1.70. The van der Waals surface area contributed by atoms with Gasteiger partial charge in [0.2, 0.25) is 0 Å². The maximum Gasteiger partial charge on any atom is 0.147 e. The summed E-state index contributed by atoms with van der Waals surface area (Å²) in [5.41, 5.74) is 1.05. The van der Waals surface area contributed by atoms with Crippen LogP contribution in [0.3, 0.4) is 0 Å². The topological polar surface area (TPSA) is 12.9 Å². The quantitative estimate of drug-likeness (QED) is 0.529. The van der Waals surface area contributed by atoms with Gasteiger partial charge in [-0.15, -0.1) is 24.0 Å². The third-order valence-corrected chi connectivity index (χ3v) is 1.78. The van der Waals surface area contributed by atoms with Crippen molar-refractivity contribution in [3.8, 4) is 0 Å². The molecular formula is C4H5NS2. The Morgan fingerprint density at radius 1 is 1.86 bits per heavy atom. The molecule has 0 spiro atoms. The van der Waals surface area contributed by atoms with Gasteiger partial charge in [0.1, 0.15) is 4.34 Å². The molecule has 0 aromatic carbocycles. The highest BCUT2D eigenvalue weighted by molar-refractivity contribution is 7.82. The number of rotatable bonds is 0. The van der Waals surface area contributed by atoms with Crippen LogP contribution in [0.4, 0.5) is 0 Å². The first-order valence-corrected chi connectivity index (χ1v) is 3.23. The molecule has 0 bridgehead atoms. The first kappa shape index (κ1) is 5.12. The minimum absolute atomic E-state index is 0.845. The SMILES string of the molecule is Cc1csc(S)n1. The largest absolute Gasteiger partial charge is 0.235 e. The molecule has 1 rings (SSSR count). The standard InChI is InChI=1S/C4H5NS2/c1-3-2-7-4(6)5-3/h2H,1H3,(H,5,6). The fourth-order valence-electron chi connectivity index (χ4n) is 0.342. The van der Waals surface area contributed by atoms with Gasteiger partial charge in [-0.2, -0.15) is 0 Å². The maximum absolute atomic E-state index is 4.01. The molecule has 38 valence electrons. The molecule has 1 heterocycles. The second-order valence-corrected chi connectivity index (χ2v) is 2.86. The highest BCUT2D eigenvalue weighted by atomic mass is 32.2. The van der Waals surface area contributed by atoms with Crippen LogP contribution in [0.5, 0.6) is 0 Å². The van der Waals surface area contributed by atoms with Crippen LogP contribution < -0.4 is 0 Å². The molecule has 0 unspecified atom stereocenters. The van der Waals surface area contributed by atoms with E-state index in [1.807, 2.05) is 12.3 Å². The van der Waals surface area contributed by atoms with Crippen molar-refractivity contribution in [1.29, 1.82) is 0 Å². The fraction of sp³-hybridized carbons (Fsp3) is 0.250. The van der Waals surface area contributed by atoms with Crippen molar-refractivity contribution in [2.45, 2.75) is 11.3 Å². The van der Waals surface area contributed by atoms with Crippen molar-refractivity contribution in [1.82, 2.24) is 4.98 Å². The van der Waals surface area contributed by atoms with Crippen molar-refractivity contribution in [3.05, 3.63) is 11.1 Å². The van der Waals surface area contributed by atoms with E-state index in [2.05, 4.69) is 17.6 Å². The third-order valence-electron chi connectivity index (χ3n) is 0.607. The molecule has 0 radical (unpaired) electrons. The van der Waals surface area contributed by atoms with Crippen LogP contribution in [0.2, 0.25) is 0 Å². The van der Waals surface area contributed by atoms with E-state index in [1.165, 1.54) is 0 Å². The number of hydrogen-bond acceptors (Lipinski definition) is 3. The third kappa shape index (κ3) is 1.17. The van der Waals surface area contributed by atoms with E-state index < -0.39 is 0 Å². The van der Waals surface area contributed by atoms with Crippen molar-refractivity contribution >= 4 is 24.0 Å². The molecule has 1 nitrogen and oxygen atoms in total. The van der Waals surface area contributed by atoms with Gasteiger partial charge in [0, 0.05) is 11.1 Å². The lowest BCUT2D eigenvalue weighted by Crippen LogP contribution is -1.63. The zero-order valence-electron chi connectivity index (χ0n) is 3.88. The zero-order chi connectivity index (χ0) is 5.28. The molecule has 0 fully saturated rings. The Bertz CT molecular complexity index is 142. The normalized spacial score (nSPS) is 9.43. The van der Waals surface area contributed by atoms with E-state index in [0.717, 1.165) is 10.0 Å². The lowest BCUT2D eigenvalue weighted by atomic mass is 10.6. The molecule has 7 heavy (non-hydrogen) atoms. The van der Waals surface area contributed by atoms with Gasteiger partial charge in [-0.05, 0) is 6.92 Å². The molecule has 0 saturated heterocycles. The molecular weight excluding hydrogens is 126 g/mol. The Balaban J connectivity index is 3.04. The summed E-state index contributed by atoms with van der Waals surface area (Å²) in [4.78, 5) is 3.99. The van der Waals surface area contributed by atoms with Crippen LogP contribution in [0, 0.1) is 6.92 Å². The van der Waals surface area contributed by atoms with Crippen LogP contribution in [0.1, 0.15) is 5.69 Å². The molecule has 3 heteroatoms. The van der Waals surface area contributed by atoms with Gasteiger partial charge >= 0.3 is 0 Å². The number of thiazole rings is 1. The molecule has 0 aliphatic rings. The number of aryl methyl sites for hydroxylation is 1. The summed E-state index contributed by atoms with van der Waals surface area (Å²) in [7, 11) is 0. The molecule has 0 N–H and O–H groups in total. The fourth-order valence-corrected chi connectivity index (χ4v) is 1.18. The predicted octanol–water partition coefficient (Wildman–Crippen LogP) is 1.74. The Hall–Kier alpha value is -0.0200. The first-order valence-electron chi connectivity index (χ1n) is 1.90. The molecule has 0 aliphatic heterocycles. The number of nitrogens with zero attached hydrogens (tertiary/aromatic N) is 1. The number of hydrogen-bond donors (Lipinski definition) is 1. The van der Waals surface area contributed by atoms with E-state index in [-0.39, 0.29) is 0 Å². The van der Waals surface area contributed by atoms with Crippen LogP contribution in [0.25, 0.3) is 0 Å². The van der Waals surface area contributed by atoms with Crippen LogP contribution in [0.15, 0.2) is 9.72 Å². The minimum Gasteiger partial charge on any atom is -0.235 e. The first-order chi connectivity index (χ1) is 3.29. The molecule has 0 amide bonds. The summed E-state index contributed by atoms with van der Waals surface area (Å²) in [6.45, 7) is 1.95. The average Bonchev–Trinajstić information content (AvgIpc) is 1.87. The van der Waals surface area contributed by atoms with E-state index >= 15 is 0 Å². The second kappa shape index (κ2) is 1.84. The van der Waals surface area contributed by atoms with Crippen LogP contribution in [-0.4, -0.2) is 4.98 Å². The van der Waals surface area contributed by atoms with E-state index in [9.17, 15) is 0 Å². The van der Waals surface area contributed by atoms with Gasteiger partial charge in [-0.3, -0.25) is 0 Å². The molecule has 0 atom stereocenters. The maximum atomic E-state index is 4.01. The summed E-state index contributed by atoms with van der Waals surface area (Å²) < 4.78 is 0.845. The van der Waals surface area contributed by atoms with Gasteiger partial charge in [-0.25, -0.2) is 4.98 Å². The van der Waals surface area contributed by atoms with Gasteiger partial charge in [-0.1, -0.05) is 0 Å². The smallest absolute Gasteiger partial charge is 0.147 e. The monoisotopic (exact) mass is 131 g/mol. The summed E-state index contributed by atoms with van der Waals surface area (Å²) in [6, 6.07) is 0. The number of thiol groups is 1. The summed E-state index contributed by atoms with van der Waals surface area (Å²) in [5, 5.41) is 1.97. The van der Waals surface area contributed by atoms with E-state index in [4.69, 9.17) is 0 Å². The van der Waals surface area contributed by atoms with E-state index in [0.29, 0.717) is 0 Å². The van der Waals surface area contributed by atoms with Gasteiger partial charge in [0.25, 0.3) is 0 Å². The zero-order valence-corrected chi connectivity index (χ0v) is 5.59. The Morgan fingerprint density at radius 3 is 2.71 bits per heavy atom. The minimum atomic E-state index is 0.845. The Morgan fingerprint density at radius 2 is 2.57 bits per heavy atom. The molecule has 0 aliphatic carbocycles. The van der Waals surface area contributed by atoms with Gasteiger partial charge in [0.15, 0.2) is 0 Å². The Kier molecular flexibility index (Phi) is 1.35. The summed E-state index contributed by atoms with van der Waals surface area (Å²) in [6.07, 6.45) is 0. The van der Waals surface area contributed by atoms with Crippen molar-refractivity contribution in [3.63, 3.8) is 0 Å². The summed E-state index contributed by atoms with van der Waals surface area (Å²) >= 11 is 5.57. The Labute approximate surface area is 51.8 Å². The highest BCUT2D eigenvalue weighted by Gasteiger charge is 1.87. The van der Waals surface area contributed by atoms with Crippen LogP contribution >= 0.6 is 24.0 Å². The molecule has 0 saturated carbocycles. The molecule has 1 aromatic heterocycles. The van der Waals surface area contributed by atoms with Crippen molar-refractivity contribution < 1.29 is 0 Å². The van der Waals surface area contributed by atoms with Crippen molar-refractivity contribution in [2.75, 3.05) is 0 Å². The molecule has 1 aromatic rings. The van der Waals surface area contributed by atoms with E-state index in [1.54, 1.807) is 11.3 Å². The van der Waals surface area contributed by atoms with Crippen molar-refractivity contribution in [2.24, 2.45) is 0 Å². The summed E-state index contributed by atoms with van der Waals surface area (Å²) in [5.74, 6) is 0. The van der Waals surface area contributed by atoms with Crippen LogP contribution in [-0.2, 0) is 0 Å². The van der Waals surface area contributed by atoms with Gasteiger partial charge in [0.05, 0.1) is 0 Å². The predicted molar refractivity (Wildman–Crippen MR) is 34.1 cm³/mol. The number of aromatic nitrogens is 1. The van der Waals surface area contributed by atoms with Gasteiger partial charge < -0.3 is 0 Å². The highest BCUT2D eigenvalue weighted by Crippen LogP contribution is 2.11. The lowest BCUT2D eigenvalue weighted by molar-refractivity contribution is 1.17. The average molecular weight is 131 g/mol. The second-order valence-electron chi connectivity index (χ2n) is 1.27.